The fraction of sp³-hybridized carbons (Fsp3) is 0.647. The van der Waals surface area contributed by atoms with E-state index in [1.54, 1.807) is 12.1 Å². The Bertz CT molecular complexity index is 486. The monoisotopic (exact) mass is 277 g/mol. The minimum Gasteiger partial charge on any atom is -0.375 e. The van der Waals surface area contributed by atoms with Gasteiger partial charge in [0.25, 0.3) is 0 Å². The predicted octanol–water partition coefficient (Wildman–Crippen LogP) is 3.74. The topological polar surface area (TPSA) is 35.2 Å². The zero-order chi connectivity index (χ0) is 14.2. The molecule has 0 bridgehead atoms. The number of halogens is 1. The minimum absolute atomic E-state index is 0.0794. The molecule has 110 valence electrons. The van der Waals surface area contributed by atoms with Gasteiger partial charge in [-0.15, -0.1) is 0 Å². The van der Waals surface area contributed by atoms with Gasteiger partial charge in [-0.25, -0.2) is 4.39 Å². The van der Waals surface area contributed by atoms with Crippen molar-refractivity contribution in [1.82, 2.24) is 0 Å². The Kier molecular flexibility index (Phi) is 3.59. The lowest BCUT2D eigenvalue weighted by Gasteiger charge is -2.51. The second-order valence-electron chi connectivity index (χ2n) is 6.48. The molecule has 1 heterocycles. The third kappa shape index (κ3) is 2.27. The lowest BCUT2D eigenvalue weighted by atomic mass is 9.64. The van der Waals surface area contributed by atoms with Crippen LogP contribution in [0, 0.1) is 11.7 Å². The molecule has 2 N–H and O–H groups in total. The fourth-order valence-corrected chi connectivity index (χ4v) is 3.89. The molecule has 20 heavy (non-hydrogen) atoms. The van der Waals surface area contributed by atoms with E-state index in [0.717, 1.165) is 44.3 Å². The van der Waals surface area contributed by atoms with Gasteiger partial charge < -0.3 is 10.5 Å². The highest BCUT2D eigenvalue weighted by atomic mass is 19.1. The van der Waals surface area contributed by atoms with Gasteiger partial charge in [0.05, 0.1) is 5.60 Å². The van der Waals surface area contributed by atoms with Gasteiger partial charge in [-0.1, -0.05) is 19.1 Å². The van der Waals surface area contributed by atoms with Gasteiger partial charge in [-0.3, -0.25) is 0 Å². The van der Waals surface area contributed by atoms with Crippen LogP contribution in [0.2, 0.25) is 0 Å². The van der Waals surface area contributed by atoms with E-state index in [0.29, 0.717) is 5.92 Å². The number of rotatable bonds is 3. The maximum absolute atomic E-state index is 13.6. The van der Waals surface area contributed by atoms with Crippen LogP contribution in [0.25, 0.3) is 0 Å². The van der Waals surface area contributed by atoms with Crippen molar-refractivity contribution >= 4 is 0 Å². The lowest BCUT2D eigenvalue weighted by molar-refractivity contribution is -0.153. The summed E-state index contributed by atoms with van der Waals surface area (Å²) < 4.78 is 19.6. The minimum atomic E-state index is -0.436. The maximum atomic E-state index is 13.6. The molecular formula is C17H24FNO. The Morgan fingerprint density at radius 2 is 2.25 bits per heavy atom. The molecule has 1 aliphatic carbocycles. The molecule has 2 atom stereocenters. The number of ether oxygens (including phenoxy) is 1. The first-order valence-electron chi connectivity index (χ1n) is 7.77. The van der Waals surface area contributed by atoms with Crippen molar-refractivity contribution in [2.45, 2.75) is 56.6 Å². The number of benzene rings is 1. The van der Waals surface area contributed by atoms with Crippen LogP contribution in [0.3, 0.4) is 0 Å². The molecule has 0 aromatic heterocycles. The third-order valence-corrected chi connectivity index (χ3v) is 5.43. The summed E-state index contributed by atoms with van der Waals surface area (Å²) in [5.41, 5.74) is 7.32. The van der Waals surface area contributed by atoms with Gasteiger partial charge in [0, 0.05) is 12.1 Å². The highest BCUT2D eigenvalue weighted by Gasteiger charge is 2.47. The third-order valence-electron chi connectivity index (χ3n) is 5.43. The van der Waals surface area contributed by atoms with Crippen molar-refractivity contribution in [3.63, 3.8) is 0 Å². The molecule has 1 aromatic carbocycles. The molecule has 1 saturated heterocycles. The smallest absolute Gasteiger partial charge is 0.123 e. The molecule has 1 saturated carbocycles. The van der Waals surface area contributed by atoms with Crippen LogP contribution >= 0.6 is 0 Å². The summed E-state index contributed by atoms with van der Waals surface area (Å²) in [5, 5.41) is 0. The van der Waals surface area contributed by atoms with E-state index in [-0.39, 0.29) is 11.4 Å². The molecule has 1 aromatic rings. The number of hydrogen-bond donors (Lipinski definition) is 1. The molecule has 1 aliphatic heterocycles. The molecule has 2 fully saturated rings. The van der Waals surface area contributed by atoms with Gasteiger partial charge in [-0.2, -0.15) is 0 Å². The van der Waals surface area contributed by atoms with Crippen LogP contribution in [0.15, 0.2) is 24.3 Å². The average molecular weight is 277 g/mol. The van der Waals surface area contributed by atoms with Gasteiger partial charge in [0.1, 0.15) is 5.82 Å². The Morgan fingerprint density at radius 1 is 1.45 bits per heavy atom. The van der Waals surface area contributed by atoms with Crippen molar-refractivity contribution in [2.75, 3.05) is 6.61 Å². The quantitative estimate of drug-likeness (QED) is 0.913. The van der Waals surface area contributed by atoms with Crippen molar-refractivity contribution in [2.24, 2.45) is 11.7 Å². The second kappa shape index (κ2) is 5.12. The summed E-state index contributed by atoms with van der Waals surface area (Å²) in [6, 6.07) is 6.82. The van der Waals surface area contributed by atoms with Gasteiger partial charge in [-0.05, 0) is 62.1 Å². The first kappa shape index (κ1) is 14.0. The van der Waals surface area contributed by atoms with Crippen LogP contribution in [-0.2, 0) is 10.3 Å². The summed E-state index contributed by atoms with van der Waals surface area (Å²) in [7, 11) is 0. The Morgan fingerprint density at radius 3 is 2.85 bits per heavy atom. The maximum Gasteiger partial charge on any atom is 0.123 e. The zero-order valence-corrected chi connectivity index (χ0v) is 12.2. The molecule has 1 spiro atoms. The van der Waals surface area contributed by atoms with Crippen molar-refractivity contribution in [3.8, 4) is 0 Å². The molecule has 3 rings (SSSR count). The molecule has 2 aliphatic rings. The van der Waals surface area contributed by atoms with E-state index < -0.39 is 5.54 Å². The Labute approximate surface area is 120 Å². The van der Waals surface area contributed by atoms with Crippen molar-refractivity contribution in [1.29, 1.82) is 0 Å². The molecule has 0 amide bonds. The van der Waals surface area contributed by atoms with E-state index in [1.807, 2.05) is 6.07 Å². The van der Waals surface area contributed by atoms with E-state index in [4.69, 9.17) is 10.5 Å². The van der Waals surface area contributed by atoms with Crippen LogP contribution in [0.1, 0.15) is 51.0 Å². The van der Waals surface area contributed by atoms with E-state index >= 15 is 0 Å². The SMILES string of the molecule is CCC(N)(c1cccc(F)c1)C1CCOC2(CCC2)C1. The van der Waals surface area contributed by atoms with Crippen molar-refractivity contribution < 1.29 is 9.13 Å². The largest absolute Gasteiger partial charge is 0.375 e. The van der Waals surface area contributed by atoms with Gasteiger partial charge in [0.15, 0.2) is 0 Å². The summed E-state index contributed by atoms with van der Waals surface area (Å²) in [6.45, 7) is 2.90. The first-order valence-corrected chi connectivity index (χ1v) is 7.77. The molecular weight excluding hydrogens is 253 g/mol. The van der Waals surface area contributed by atoms with Crippen LogP contribution in [-0.4, -0.2) is 12.2 Å². The summed E-state index contributed by atoms with van der Waals surface area (Å²) in [4.78, 5) is 0. The summed E-state index contributed by atoms with van der Waals surface area (Å²) in [6.07, 6.45) is 6.41. The molecule has 0 radical (unpaired) electrons. The van der Waals surface area contributed by atoms with E-state index in [1.165, 1.54) is 12.5 Å². The average Bonchev–Trinajstić information content (AvgIpc) is 2.45. The number of hydrogen-bond acceptors (Lipinski definition) is 2. The fourth-order valence-electron chi connectivity index (χ4n) is 3.89. The van der Waals surface area contributed by atoms with Crippen molar-refractivity contribution in [3.05, 3.63) is 35.6 Å². The van der Waals surface area contributed by atoms with Gasteiger partial charge in [0.2, 0.25) is 0 Å². The standard InChI is InChI=1S/C17H24FNO/c1-2-17(19,13-5-3-6-15(18)11-13)14-7-10-20-16(12-14)8-4-9-16/h3,5-6,11,14H,2,4,7-10,12,19H2,1H3. The normalized spacial score (nSPS) is 27.9. The highest BCUT2D eigenvalue weighted by Crippen LogP contribution is 2.49. The van der Waals surface area contributed by atoms with Crippen LogP contribution < -0.4 is 5.73 Å². The zero-order valence-electron chi connectivity index (χ0n) is 12.2. The number of nitrogens with two attached hydrogens (primary N) is 1. The molecule has 2 nitrogen and oxygen atoms in total. The van der Waals surface area contributed by atoms with Gasteiger partial charge >= 0.3 is 0 Å². The Balaban J connectivity index is 1.87. The Hall–Kier alpha value is -0.930. The summed E-state index contributed by atoms with van der Waals surface area (Å²) in [5.74, 6) is 0.180. The van der Waals surface area contributed by atoms with Crippen LogP contribution in [0.4, 0.5) is 4.39 Å². The highest BCUT2D eigenvalue weighted by molar-refractivity contribution is 5.26. The summed E-state index contributed by atoms with van der Waals surface area (Å²) >= 11 is 0. The first-order chi connectivity index (χ1) is 9.58. The van der Waals surface area contributed by atoms with E-state index in [2.05, 4.69) is 6.92 Å². The van der Waals surface area contributed by atoms with E-state index in [9.17, 15) is 4.39 Å². The predicted molar refractivity (Wildman–Crippen MR) is 77.8 cm³/mol. The molecule has 3 heteroatoms. The molecule has 2 unspecified atom stereocenters. The lowest BCUT2D eigenvalue weighted by Crippen LogP contribution is -2.53. The van der Waals surface area contributed by atoms with Crippen LogP contribution in [0.5, 0.6) is 0 Å². The second-order valence-corrected chi connectivity index (χ2v) is 6.48.